The molecule has 0 aromatic heterocycles. The second-order valence-electron chi connectivity index (χ2n) is 8.39. The smallest absolute Gasteiger partial charge is 0.154 e. The number of anilines is 1. The minimum absolute atomic E-state index is 0.118. The second kappa shape index (κ2) is 9.46. The highest BCUT2D eigenvalue weighted by molar-refractivity contribution is 6.21. The predicted octanol–water partition coefficient (Wildman–Crippen LogP) is 2.00. The molecule has 0 aliphatic carbocycles. The van der Waals surface area contributed by atoms with Crippen molar-refractivity contribution in [2.75, 3.05) is 63.9 Å². The molecule has 2 aromatic carbocycles. The number of amidine groups is 1. The molecule has 33 heavy (non-hydrogen) atoms. The van der Waals surface area contributed by atoms with Gasteiger partial charge in [0.25, 0.3) is 0 Å². The molecular formula is C24H26F2N6O. The van der Waals surface area contributed by atoms with Crippen molar-refractivity contribution in [1.82, 2.24) is 9.80 Å². The molecule has 0 spiro atoms. The van der Waals surface area contributed by atoms with Gasteiger partial charge in [0.05, 0.1) is 42.4 Å². The van der Waals surface area contributed by atoms with Crippen LogP contribution in [-0.4, -0.2) is 91.1 Å². The van der Waals surface area contributed by atoms with Gasteiger partial charge in [-0.2, -0.15) is 5.10 Å². The lowest BCUT2D eigenvalue weighted by molar-refractivity contribution is 0.122. The van der Waals surface area contributed by atoms with E-state index in [0.29, 0.717) is 36.7 Å². The van der Waals surface area contributed by atoms with Gasteiger partial charge in [-0.3, -0.25) is 14.8 Å². The van der Waals surface area contributed by atoms with Crippen LogP contribution in [0.15, 0.2) is 57.7 Å². The summed E-state index contributed by atoms with van der Waals surface area (Å²) in [5, 5.41) is 18.0. The fraction of sp³-hybridized carbons (Fsp3) is 0.375. The Bertz CT molecular complexity index is 1100. The summed E-state index contributed by atoms with van der Waals surface area (Å²) in [6.07, 6.45) is 0. The van der Waals surface area contributed by atoms with Crippen molar-refractivity contribution in [1.29, 1.82) is 0 Å². The molecule has 7 nitrogen and oxygen atoms in total. The predicted molar refractivity (Wildman–Crippen MR) is 125 cm³/mol. The largest absolute Gasteiger partial charge is 0.395 e. The van der Waals surface area contributed by atoms with E-state index in [2.05, 4.69) is 29.9 Å². The lowest BCUT2D eigenvalue weighted by atomic mass is 9.99. The van der Waals surface area contributed by atoms with E-state index in [0.717, 1.165) is 37.6 Å². The number of aliphatic hydroxyl groups is 1. The molecule has 1 saturated heterocycles. The molecule has 0 bridgehead atoms. The zero-order valence-electron chi connectivity index (χ0n) is 18.3. The molecule has 3 aliphatic heterocycles. The molecule has 3 heterocycles. The van der Waals surface area contributed by atoms with Gasteiger partial charge in [0.15, 0.2) is 5.84 Å². The van der Waals surface area contributed by atoms with E-state index in [1.54, 1.807) is 0 Å². The number of piperazine rings is 1. The van der Waals surface area contributed by atoms with E-state index in [4.69, 9.17) is 5.11 Å². The summed E-state index contributed by atoms with van der Waals surface area (Å²) in [5.74, 6) is -0.615. The Morgan fingerprint density at radius 3 is 2.36 bits per heavy atom. The van der Waals surface area contributed by atoms with Crippen LogP contribution in [0.3, 0.4) is 0 Å². The number of benzene rings is 2. The number of fused-ring (bicyclic) bond motifs is 3. The van der Waals surface area contributed by atoms with E-state index in [1.807, 2.05) is 24.3 Å². The van der Waals surface area contributed by atoms with Crippen LogP contribution in [0.1, 0.15) is 11.1 Å². The quantitative estimate of drug-likeness (QED) is 0.754. The van der Waals surface area contributed by atoms with Crippen LogP contribution in [0.2, 0.25) is 0 Å². The first-order chi connectivity index (χ1) is 16.1. The Kier molecular flexibility index (Phi) is 6.26. The fourth-order valence-corrected chi connectivity index (χ4v) is 4.56. The molecule has 0 unspecified atom stereocenters. The minimum atomic E-state index is -0.636. The van der Waals surface area contributed by atoms with E-state index in [9.17, 15) is 8.78 Å². The number of para-hydroxylation sites is 1. The van der Waals surface area contributed by atoms with Crippen LogP contribution in [0.25, 0.3) is 0 Å². The van der Waals surface area contributed by atoms with E-state index in [1.165, 1.54) is 18.2 Å². The molecule has 9 heteroatoms. The topological polar surface area (TPSA) is 67.0 Å². The summed E-state index contributed by atoms with van der Waals surface area (Å²) in [5.41, 5.74) is 2.60. The Hall–Kier alpha value is -3.01. The van der Waals surface area contributed by atoms with Gasteiger partial charge >= 0.3 is 0 Å². The number of halogens is 2. The Balaban J connectivity index is 1.40. The Morgan fingerprint density at radius 2 is 1.61 bits per heavy atom. The van der Waals surface area contributed by atoms with Crippen LogP contribution in [0, 0.1) is 11.6 Å². The first kappa shape index (κ1) is 21.8. The highest BCUT2D eigenvalue weighted by Gasteiger charge is 2.30. The average Bonchev–Trinajstić information content (AvgIpc) is 2.98. The van der Waals surface area contributed by atoms with Crippen LogP contribution < -0.4 is 4.90 Å². The number of rotatable bonds is 5. The normalized spacial score (nSPS) is 19.2. The fourth-order valence-electron chi connectivity index (χ4n) is 4.56. The molecule has 0 amide bonds. The van der Waals surface area contributed by atoms with Gasteiger partial charge in [0.1, 0.15) is 11.6 Å². The molecule has 3 aliphatic rings. The Labute approximate surface area is 191 Å². The number of nitrogens with zero attached hydrogens (tertiary/aromatic N) is 6. The van der Waals surface area contributed by atoms with Crippen molar-refractivity contribution < 1.29 is 13.9 Å². The van der Waals surface area contributed by atoms with Gasteiger partial charge in [-0.25, -0.2) is 8.78 Å². The van der Waals surface area contributed by atoms with Crippen molar-refractivity contribution in [3.8, 4) is 0 Å². The van der Waals surface area contributed by atoms with Gasteiger partial charge in [-0.05, 0) is 18.2 Å². The molecule has 1 fully saturated rings. The molecule has 0 radical (unpaired) electrons. The van der Waals surface area contributed by atoms with Gasteiger partial charge < -0.3 is 10.0 Å². The van der Waals surface area contributed by atoms with Gasteiger partial charge in [-0.1, -0.05) is 24.3 Å². The molecule has 2 aromatic rings. The molecule has 0 saturated carbocycles. The third-order valence-corrected chi connectivity index (χ3v) is 6.27. The summed E-state index contributed by atoms with van der Waals surface area (Å²) in [4.78, 5) is 11.2. The van der Waals surface area contributed by atoms with Crippen molar-refractivity contribution in [2.24, 2.45) is 15.2 Å². The molecular weight excluding hydrogens is 426 g/mol. The molecule has 1 N–H and O–H groups in total. The maximum Gasteiger partial charge on any atom is 0.154 e. The zero-order valence-corrected chi connectivity index (χ0v) is 18.3. The first-order valence-electron chi connectivity index (χ1n) is 11.2. The minimum Gasteiger partial charge on any atom is -0.395 e. The summed E-state index contributed by atoms with van der Waals surface area (Å²) >= 11 is 0. The van der Waals surface area contributed by atoms with Crippen molar-refractivity contribution in [3.63, 3.8) is 0 Å². The maximum absolute atomic E-state index is 14.6. The summed E-state index contributed by atoms with van der Waals surface area (Å²) < 4.78 is 29.2. The van der Waals surface area contributed by atoms with Crippen LogP contribution >= 0.6 is 0 Å². The number of hydrogen-bond acceptors (Lipinski definition) is 7. The molecule has 0 atom stereocenters. The number of β-amino-alcohol motifs (C(OH)–C–C–N with tert-alkyl or cyclic N) is 1. The second-order valence-corrected chi connectivity index (χ2v) is 8.39. The monoisotopic (exact) mass is 452 g/mol. The third kappa shape index (κ3) is 4.44. The van der Waals surface area contributed by atoms with Crippen molar-refractivity contribution >= 4 is 22.9 Å². The van der Waals surface area contributed by atoms with Crippen molar-refractivity contribution in [3.05, 3.63) is 65.2 Å². The first-order valence-corrected chi connectivity index (χ1v) is 11.2. The highest BCUT2D eigenvalue weighted by atomic mass is 19.1. The summed E-state index contributed by atoms with van der Waals surface area (Å²) in [6.45, 7) is 5.98. The lowest BCUT2D eigenvalue weighted by Crippen LogP contribution is -2.50. The standard InChI is InChI=1S/C24H26F2N6O/c25-19-5-3-6-20(26)23(19)24-18-4-1-2-7-21(18)32-16-17(28-29-22(32)14-27-24)15-31-10-8-30(9-11-31)12-13-33/h1-7,33H,8-16H2. The maximum atomic E-state index is 14.6. The third-order valence-electron chi connectivity index (χ3n) is 6.27. The lowest BCUT2D eigenvalue weighted by Gasteiger charge is -2.35. The van der Waals surface area contributed by atoms with E-state index >= 15 is 0 Å². The molecule has 5 rings (SSSR count). The van der Waals surface area contributed by atoms with E-state index in [-0.39, 0.29) is 18.7 Å². The van der Waals surface area contributed by atoms with Gasteiger partial charge in [0.2, 0.25) is 0 Å². The van der Waals surface area contributed by atoms with Crippen LogP contribution in [-0.2, 0) is 0 Å². The van der Waals surface area contributed by atoms with Gasteiger partial charge in [0, 0.05) is 44.8 Å². The van der Waals surface area contributed by atoms with E-state index < -0.39 is 11.6 Å². The average molecular weight is 453 g/mol. The van der Waals surface area contributed by atoms with Gasteiger partial charge in [-0.15, -0.1) is 5.10 Å². The van der Waals surface area contributed by atoms with Crippen molar-refractivity contribution in [2.45, 2.75) is 0 Å². The summed E-state index contributed by atoms with van der Waals surface area (Å²) in [6, 6.07) is 11.4. The SMILES string of the molecule is OCCN1CCN(CC2=NN=C3CN=C(c4c(F)cccc4F)c4ccccc4N3C2)CC1. The van der Waals surface area contributed by atoms with Crippen LogP contribution in [0.5, 0.6) is 0 Å². The number of hydrogen-bond donors (Lipinski definition) is 1. The number of aliphatic hydroxyl groups excluding tert-OH is 1. The Morgan fingerprint density at radius 1 is 0.879 bits per heavy atom. The molecule has 172 valence electrons. The zero-order chi connectivity index (χ0) is 22.8. The number of aliphatic imine (C=N–C) groups is 1. The summed E-state index contributed by atoms with van der Waals surface area (Å²) in [7, 11) is 0. The highest BCUT2D eigenvalue weighted by Crippen LogP contribution is 2.30. The van der Waals surface area contributed by atoms with Crippen LogP contribution in [0.4, 0.5) is 14.5 Å².